The van der Waals surface area contributed by atoms with E-state index in [9.17, 15) is 9.18 Å². The minimum absolute atomic E-state index is 0.0854. The fourth-order valence-electron chi connectivity index (χ4n) is 3.15. The first-order chi connectivity index (χ1) is 10.7. The molecule has 2 amide bonds. The summed E-state index contributed by atoms with van der Waals surface area (Å²) in [6, 6.07) is 4.58. The fraction of sp³-hybridized carbons (Fsp3) is 0.562. The SMILES string of the molecule is COCC1CN(C(=O)NC2CCc3ccc(F)cc32)CCO1. The molecule has 1 saturated heterocycles. The van der Waals surface area contributed by atoms with Gasteiger partial charge in [-0.1, -0.05) is 6.07 Å². The van der Waals surface area contributed by atoms with Crippen LogP contribution in [0.4, 0.5) is 9.18 Å². The molecule has 1 aromatic carbocycles. The number of halogens is 1. The minimum atomic E-state index is -0.258. The first kappa shape index (κ1) is 15.2. The van der Waals surface area contributed by atoms with Crippen molar-refractivity contribution in [3.8, 4) is 0 Å². The van der Waals surface area contributed by atoms with Crippen LogP contribution in [0.5, 0.6) is 0 Å². The second-order valence-corrected chi connectivity index (χ2v) is 5.78. The molecule has 0 bridgehead atoms. The Kier molecular flexibility index (Phi) is 4.59. The van der Waals surface area contributed by atoms with Crippen molar-refractivity contribution in [1.29, 1.82) is 0 Å². The number of urea groups is 1. The molecule has 2 aliphatic rings. The fourth-order valence-corrected chi connectivity index (χ4v) is 3.15. The first-order valence-electron chi connectivity index (χ1n) is 7.61. The predicted octanol–water partition coefficient (Wildman–Crippen LogP) is 1.87. The Morgan fingerprint density at radius 2 is 2.41 bits per heavy atom. The number of methoxy groups -OCH3 is 1. The first-order valence-corrected chi connectivity index (χ1v) is 7.61. The molecular weight excluding hydrogens is 287 g/mol. The van der Waals surface area contributed by atoms with Gasteiger partial charge in [-0.3, -0.25) is 0 Å². The van der Waals surface area contributed by atoms with E-state index in [0.717, 1.165) is 24.0 Å². The normalized spacial score (nSPS) is 24.2. The van der Waals surface area contributed by atoms with E-state index in [0.29, 0.717) is 26.3 Å². The Bertz CT molecular complexity index is 550. The number of fused-ring (bicyclic) bond motifs is 1. The summed E-state index contributed by atoms with van der Waals surface area (Å²) in [7, 11) is 1.62. The average molecular weight is 308 g/mol. The number of nitrogens with one attached hydrogen (secondary N) is 1. The van der Waals surface area contributed by atoms with Crippen molar-refractivity contribution in [2.45, 2.75) is 25.0 Å². The molecule has 1 fully saturated rings. The number of hydrogen-bond acceptors (Lipinski definition) is 3. The van der Waals surface area contributed by atoms with E-state index >= 15 is 0 Å². The second-order valence-electron chi connectivity index (χ2n) is 5.78. The number of carbonyl (C=O) groups excluding carboxylic acids is 1. The molecule has 22 heavy (non-hydrogen) atoms. The van der Waals surface area contributed by atoms with Crippen molar-refractivity contribution in [2.24, 2.45) is 0 Å². The number of aryl methyl sites for hydroxylation is 1. The van der Waals surface area contributed by atoms with Crippen molar-refractivity contribution in [1.82, 2.24) is 10.2 Å². The summed E-state index contributed by atoms with van der Waals surface area (Å²) in [5.41, 5.74) is 2.01. The molecule has 0 aromatic heterocycles. The van der Waals surface area contributed by atoms with E-state index in [2.05, 4.69) is 5.32 Å². The van der Waals surface area contributed by atoms with E-state index in [1.54, 1.807) is 18.1 Å². The maximum atomic E-state index is 13.4. The molecule has 1 aliphatic carbocycles. The van der Waals surface area contributed by atoms with Crippen LogP contribution in [0.25, 0.3) is 0 Å². The summed E-state index contributed by atoms with van der Waals surface area (Å²) in [5, 5.41) is 3.02. The smallest absolute Gasteiger partial charge is 0.318 e. The van der Waals surface area contributed by atoms with Crippen molar-refractivity contribution in [3.63, 3.8) is 0 Å². The highest BCUT2D eigenvalue weighted by Gasteiger charge is 2.29. The Labute approximate surface area is 129 Å². The van der Waals surface area contributed by atoms with Crippen LogP contribution >= 0.6 is 0 Å². The van der Waals surface area contributed by atoms with Crippen LogP contribution in [-0.4, -0.2) is 50.4 Å². The molecule has 0 saturated carbocycles. The molecule has 1 heterocycles. The van der Waals surface area contributed by atoms with E-state index < -0.39 is 0 Å². The lowest BCUT2D eigenvalue weighted by Crippen LogP contribution is -2.51. The lowest BCUT2D eigenvalue weighted by Gasteiger charge is -2.33. The third-order valence-electron chi connectivity index (χ3n) is 4.26. The van der Waals surface area contributed by atoms with Crippen molar-refractivity contribution in [3.05, 3.63) is 35.1 Å². The monoisotopic (exact) mass is 308 g/mol. The molecule has 0 radical (unpaired) electrons. The van der Waals surface area contributed by atoms with Gasteiger partial charge in [0.25, 0.3) is 0 Å². The van der Waals surface area contributed by atoms with Crippen LogP contribution in [0.3, 0.4) is 0 Å². The maximum absolute atomic E-state index is 13.4. The van der Waals surface area contributed by atoms with Gasteiger partial charge in [0.15, 0.2) is 0 Å². The van der Waals surface area contributed by atoms with Crippen molar-refractivity contribution >= 4 is 6.03 Å². The Hall–Kier alpha value is -1.66. The molecule has 120 valence electrons. The Morgan fingerprint density at radius 1 is 1.55 bits per heavy atom. The molecule has 5 nitrogen and oxygen atoms in total. The molecule has 2 atom stereocenters. The third kappa shape index (κ3) is 3.23. The van der Waals surface area contributed by atoms with Gasteiger partial charge in [0.1, 0.15) is 5.82 Å². The number of amides is 2. The number of benzene rings is 1. The second kappa shape index (κ2) is 6.62. The van der Waals surface area contributed by atoms with Gasteiger partial charge in [0.2, 0.25) is 0 Å². The molecule has 1 N–H and O–H groups in total. The third-order valence-corrected chi connectivity index (χ3v) is 4.26. The van der Waals surface area contributed by atoms with Gasteiger partial charge in [0.05, 0.1) is 31.9 Å². The van der Waals surface area contributed by atoms with Crippen LogP contribution < -0.4 is 5.32 Å². The van der Waals surface area contributed by atoms with E-state index in [-0.39, 0.29) is 24.0 Å². The van der Waals surface area contributed by atoms with Crippen molar-refractivity contribution < 1.29 is 18.7 Å². The number of carbonyl (C=O) groups is 1. The number of nitrogens with zero attached hydrogens (tertiary/aromatic N) is 1. The summed E-state index contributed by atoms with van der Waals surface area (Å²) < 4.78 is 24.0. The van der Waals surface area contributed by atoms with Gasteiger partial charge >= 0.3 is 6.03 Å². The lowest BCUT2D eigenvalue weighted by molar-refractivity contribution is -0.0496. The topological polar surface area (TPSA) is 50.8 Å². The molecule has 1 aromatic rings. The lowest BCUT2D eigenvalue weighted by atomic mass is 10.1. The summed E-state index contributed by atoms with van der Waals surface area (Å²) in [6.07, 6.45) is 1.60. The highest BCUT2D eigenvalue weighted by atomic mass is 19.1. The predicted molar refractivity (Wildman–Crippen MR) is 79.2 cm³/mol. The van der Waals surface area contributed by atoms with Crippen LogP contribution in [0.15, 0.2) is 18.2 Å². The van der Waals surface area contributed by atoms with Gasteiger partial charge in [-0.05, 0) is 36.1 Å². The number of rotatable bonds is 3. The zero-order valence-corrected chi connectivity index (χ0v) is 12.7. The molecule has 3 rings (SSSR count). The molecule has 0 spiro atoms. The zero-order valence-electron chi connectivity index (χ0n) is 12.7. The van der Waals surface area contributed by atoms with Crippen LogP contribution in [0, 0.1) is 5.82 Å². The highest BCUT2D eigenvalue weighted by molar-refractivity contribution is 5.75. The number of hydrogen-bond donors (Lipinski definition) is 1. The van der Waals surface area contributed by atoms with Gasteiger partial charge < -0.3 is 19.7 Å². The quantitative estimate of drug-likeness (QED) is 0.927. The molecular formula is C16H21FN2O3. The summed E-state index contributed by atoms with van der Waals surface area (Å²) in [4.78, 5) is 14.2. The van der Waals surface area contributed by atoms with E-state index in [4.69, 9.17) is 9.47 Å². The Balaban J connectivity index is 1.62. The van der Waals surface area contributed by atoms with Crippen molar-refractivity contribution in [2.75, 3.05) is 33.4 Å². The molecule has 6 heteroatoms. The van der Waals surface area contributed by atoms with Crippen LogP contribution in [0.1, 0.15) is 23.6 Å². The average Bonchev–Trinajstić information content (AvgIpc) is 2.90. The number of ether oxygens (including phenoxy) is 2. The van der Waals surface area contributed by atoms with Gasteiger partial charge in [-0.2, -0.15) is 0 Å². The number of morpholine rings is 1. The zero-order chi connectivity index (χ0) is 15.5. The summed E-state index contributed by atoms with van der Waals surface area (Å²) in [5.74, 6) is -0.258. The standard InChI is InChI=1S/C16H21FN2O3/c1-21-10-13-9-19(6-7-22-13)16(20)18-15-5-3-11-2-4-12(17)8-14(11)15/h2,4,8,13,15H,3,5-7,9-10H2,1H3,(H,18,20). The molecule has 2 unspecified atom stereocenters. The van der Waals surface area contributed by atoms with Gasteiger partial charge in [0, 0.05) is 13.7 Å². The van der Waals surface area contributed by atoms with E-state index in [1.807, 2.05) is 0 Å². The summed E-state index contributed by atoms with van der Waals surface area (Å²) in [6.45, 7) is 2.07. The van der Waals surface area contributed by atoms with E-state index in [1.165, 1.54) is 12.1 Å². The maximum Gasteiger partial charge on any atom is 0.318 e. The largest absolute Gasteiger partial charge is 0.382 e. The minimum Gasteiger partial charge on any atom is -0.382 e. The van der Waals surface area contributed by atoms with Gasteiger partial charge in [-0.25, -0.2) is 9.18 Å². The highest BCUT2D eigenvalue weighted by Crippen LogP contribution is 2.31. The van der Waals surface area contributed by atoms with Crippen LogP contribution in [0.2, 0.25) is 0 Å². The summed E-state index contributed by atoms with van der Waals surface area (Å²) >= 11 is 0. The molecule has 1 aliphatic heterocycles. The van der Waals surface area contributed by atoms with Crippen LogP contribution in [-0.2, 0) is 15.9 Å². The van der Waals surface area contributed by atoms with Gasteiger partial charge in [-0.15, -0.1) is 0 Å². The Morgan fingerprint density at radius 3 is 3.23 bits per heavy atom.